The highest BCUT2D eigenvalue weighted by Gasteiger charge is 2.51. The summed E-state index contributed by atoms with van der Waals surface area (Å²) in [4.78, 5) is 0. The molecule has 0 aliphatic carbocycles. The summed E-state index contributed by atoms with van der Waals surface area (Å²) in [6, 6.07) is 5.09. The van der Waals surface area contributed by atoms with E-state index in [1.54, 1.807) is 0 Å². The lowest BCUT2D eigenvalue weighted by Crippen LogP contribution is -2.41. The Morgan fingerprint density at radius 3 is 2.00 bits per heavy atom. The van der Waals surface area contributed by atoms with Crippen molar-refractivity contribution in [1.82, 2.24) is 5.32 Å². The summed E-state index contributed by atoms with van der Waals surface area (Å²) in [6.07, 6.45) is 6.40. The highest BCUT2D eigenvalue weighted by molar-refractivity contribution is 6.62. The van der Waals surface area contributed by atoms with Crippen LogP contribution in [0.4, 0.5) is 0 Å². The van der Waals surface area contributed by atoms with Gasteiger partial charge >= 0.3 is 7.12 Å². The van der Waals surface area contributed by atoms with E-state index in [9.17, 15) is 0 Å². The van der Waals surface area contributed by atoms with Crippen molar-refractivity contribution in [3.05, 3.63) is 28.8 Å². The fourth-order valence-electron chi connectivity index (χ4n) is 3.76. The third-order valence-corrected chi connectivity index (χ3v) is 6.46. The third kappa shape index (κ3) is 5.37. The van der Waals surface area contributed by atoms with Crippen molar-refractivity contribution < 1.29 is 9.31 Å². The van der Waals surface area contributed by atoms with Crippen LogP contribution in [0.1, 0.15) is 90.3 Å². The van der Waals surface area contributed by atoms with Crippen molar-refractivity contribution in [2.24, 2.45) is 0 Å². The maximum atomic E-state index is 6.23. The SMILES string of the molecule is CCCCCC(CC)NCc1c(C)cc(B2OC(C)(C)C(C)(C)O2)cc1C. The van der Waals surface area contributed by atoms with Gasteiger partial charge in [0.1, 0.15) is 0 Å². The normalized spacial score (nSPS) is 19.5. The van der Waals surface area contributed by atoms with E-state index >= 15 is 0 Å². The monoisotopic (exact) mass is 373 g/mol. The predicted molar refractivity (Wildman–Crippen MR) is 117 cm³/mol. The summed E-state index contributed by atoms with van der Waals surface area (Å²) in [5.41, 5.74) is 4.57. The molecule has 1 aliphatic heterocycles. The quantitative estimate of drug-likeness (QED) is 0.485. The van der Waals surface area contributed by atoms with Crippen LogP contribution >= 0.6 is 0 Å². The molecule has 0 saturated carbocycles. The molecule has 1 aromatic carbocycles. The second kappa shape index (κ2) is 9.11. The van der Waals surface area contributed by atoms with Crippen LogP contribution in [-0.2, 0) is 15.9 Å². The van der Waals surface area contributed by atoms with Crippen molar-refractivity contribution in [2.45, 2.75) is 111 Å². The zero-order valence-corrected chi connectivity index (χ0v) is 18.9. The van der Waals surface area contributed by atoms with Gasteiger partial charge in [0, 0.05) is 12.6 Å². The lowest BCUT2D eigenvalue weighted by atomic mass is 9.76. The smallest absolute Gasteiger partial charge is 0.399 e. The summed E-state index contributed by atoms with van der Waals surface area (Å²) in [7, 11) is -0.285. The number of aryl methyl sites for hydroxylation is 2. The van der Waals surface area contributed by atoms with Crippen molar-refractivity contribution >= 4 is 12.6 Å². The summed E-state index contributed by atoms with van der Waals surface area (Å²) in [5, 5.41) is 3.78. The Morgan fingerprint density at radius 2 is 1.52 bits per heavy atom. The Morgan fingerprint density at radius 1 is 0.963 bits per heavy atom. The van der Waals surface area contributed by atoms with E-state index in [0.29, 0.717) is 6.04 Å². The second-order valence-corrected chi connectivity index (χ2v) is 9.20. The first-order chi connectivity index (χ1) is 12.6. The van der Waals surface area contributed by atoms with E-state index in [0.717, 1.165) is 12.0 Å². The van der Waals surface area contributed by atoms with E-state index in [1.807, 2.05) is 0 Å². The minimum Gasteiger partial charge on any atom is -0.399 e. The molecule has 2 rings (SSSR count). The molecule has 4 heteroatoms. The number of hydrogen-bond donors (Lipinski definition) is 1. The maximum absolute atomic E-state index is 6.23. The van der Waals surface area contributed by atoms with Gasteiger partial charge in [0.2, 0.25) is 0 Å². The van der Waals surface area contributed by atoms with Crippen LogP contribution in [0.15, 0.2) is 12.1 Å². The summed E-state index contributed by atoms with van der Waals surface area (Å²) >= 11 is 0. The maximum Gasteiger partial charge on any atom is 0.494 e. The van der Waals surface area contributed by atoms with Crippen LogP contribution < -0.4 is 10.8 Å². The van der Waals surface area contributed by atoms with Crippen molar-refractivity contribution in [1.29, 1.82) is 0 Å². The Kier molecular flexibility index (Phi) is 7.58. The van der Waals surface area contributed by atoms with Gasteiger partial charge in [0.05, 0.1) is 11.2 Å². The predicted octanol–water partition coefficient (Wildman–Crippen LogP) is 5.05. The summed E-state index contributed by atoms with van der Waals surface area (Å²) in [6.45, 7) is 18.3. The molecule has 0 spiro atoms. The largest absolute Gasteiger partial charge is 0.494 e. The van der Waals surface area contributed by atoms with Gasteiger partial charge in [-0.2, -0.15) is 0 Å². The van der Waals surface area contributed by atoms with Crippen LogP contribution in [0.2, 0.25) is 0 Å². The van der Waals surface area contributed by atoms with Crippen LogP contribution in [0.5, 0.6) is 0 Å². The van der Waals surface area contributed by atoms with Gasteiger partial charge in [-0.3, -0.25) is 0 Å². The highest BCUT2D eigenvalue weighted by Crippen LogP contribution is 2.36. The zero-order valence-electron chi connectivity index (χ0n) is 18.9. The highest BCUT2D eigenvalue weighted by atomic mass is 16.7. The molecule has 152 valence electrons. The van der Waals surface area contributed by atoms with E-state index in [2.05, 4.69) is 72.8 Å². The molecule has 0 radical (unpaired) electrons. The number of nitrogens with one attached hydrogen (secondary N) is 1. The Bertz CT molecular complexity index is 588. The fourth-order valence-corrected chi connectivity index (χ4v) is 3.76. The molecule has 1 fully saturated rings. The van der Waals surface area contributed by atoms with Crippen molar-refractivity contribution in [3.8, 4) is 0 Å². The van der Waals surface area contributed by atoms with Crippen molar-refractivity contribution in [3.63, 3.8) is 0 Å². The molecule has 1 aliphatic rings. The fraction of sp³-hybridized carbons (Fsp3) is 0.739. The molecule has 0 bridgehead atoms. The van der Waals surface area contributed by atoms with Crippen molar-refractivity contribution in [2.75, 3.05) is 0 Å². The molecule has 1 saturated heterocycles. The van der Waals surface area contributed by atoms with E-state index in [1.165, 1.54) is 48.8 Å². The molecule has 1 atom stereocenters. The van der Waals surface area contributed by atoms with E-state index < -0.39 is 0 Å². The lowest BCUT2D eigenvalue weighted by molar-refractivity contribution is 0.00578. The number of benzene rings is 1. The first kappa shape index (κ1) is 22.5. The molecular weight excluding hydrogens is 333 g/mol. The van der Waals surface area contributed by atoms with E-state index in [4.69, 9.17) is 9.31 Å². The van der Waals surface area contributed by atoms with Crippen LogP contribution in [-0.4, -0.2) is 24.4 Å². The van der Waals surface area contributed by atoms with Gasteiger partial charge in [-0.1, -0.05) is 45.2 Å². The average Bonchev–Trinajstić information content (AvgIpc) is 2.80. The van der Waals surface area contributed by atoms with Crippen LogP contribution in [0, 0.1) is 13.8 Å². The first-order valence-corrected chi connectivity index (χ1v) is 10.8. The molecule has 1 heterocycles. The first-order valence-electron chi connectivity index (χ1n) is 10.8. The molecule has 3 nitrogen and oxygen atoms in total. The van der Waals surface area contributed by atoms with E-state index in [-0.39, 0.29) is 18.3 Å². The minimum atomic E-state index is -0.299. The topological polar surface area (TPSA) is 30.5 Å². The minimum absolute atomic E-state index is 0.285. The van der Waals surface area contributed by atoms with Crippen LogP contribution in [0.25, 0.3) is 0 Å². The van der Waals surface area contributed by atoms with Gasteiger partial charge in [0.25, 0.3) is 0 Å². The standard InChI is InChI=1S/C23H40BNO2/c1-9-11-12-13-20(10-2)25-16-21-17(3)14-19(15-18(21)4)24-26-22(5,6)23(7,8)27-24/h14-15,20,25H,9-13,16H2,1-8H3. The summed E-state index contributed by atoms with van der Waals surface area (Å²) in [5.74, 6) is 0. The van der Waals surface area contributed by atoms with Crippen LogP contribution in [0.3, 0.4) is 0 Å². The number of rotatable bonds is 9. The van der Waals surface area contributed by atoms with Gasteiger partial charge < -0.3 is 14.6 Å². The molecule has 0 aromatic heterocycles. The number of hydrogen-bond acceptors (Lipinski definition) is 3. The van der Waals surface area contributed by atoms with Gasteiger partial charge in [-0.25, -0.2) is 0 Å². The molecule has 1 unspecified atom stereocenters. The Balaban J connectivity index is 2.07. The molecule has 1 aromatic rings. The Hall–Kier alpha value is -0.835. The molecular formula is C23H40BNO2. The van der Waals surface area contributed by atoms with Gasteiger partial charge in [-0.05, 0) is 76.5 Å². The average molecular weight is 373 g/mol. The van der Waals surface area contributed by atoms with Gasteiger partial charge in [-0.15, -0.1) is 0 Å². The lowest BCUT2D eigenvalue weighted by Gasteiger charge is -2.32. The second-order valence-electron chi connectivity index (χ2n) is 9.20. The number of unbranched alkanes of at least 4 members (excludes halogenated alkanes) is 2. The zero-order chi connectivity index (χ0) is 20.2. The molecule has 1 N–H and O–H groups in total. The molecule has 27 heavy (non-hydrogen) atoms. The third-order valence-electron chi connectivity index (χ3n) is 6.46. The Labute approximate surface area is 167 Å². The van der Waals surface area contributed by atoms with Gasteiger partial charge in [0.15, 0.2) is 0 Å². The summed E-state index contributed by atoms with van der Waals surface area (Å²) < 4.78 is 12.5. The molecule has 0 amide bonds.